The van der Waals surface area contributed by atoms with Crippen molar-refractivity contribution in [1.29, 1.82) is 0 Å². The number of nitrogens with zero attached hydrogens (tertiary/aromatic N) is 5. The third-order valence-electron chi connectivity index (χ3n) is 13.4. The molecular weight excluding hydrogens is 803 g/mol. The van der Waals surface area contributed by atoms with Gasteiger partial charge in [-0.1, -0.05) is 168 Å². The largest absolute Gasteiger partial charge is 0.309 e. The minimum absolute atomic E-state index is 0.00568. The Labute approximate surface area is 390 Å². The summed E-state index contributed by atoms with van der Waals surface area (Å²) in [5.74, 6) is 1.87. The maximum Gasteiger partial charge on any atom is 0.166 e. The van der Waals surface area contributed by atoms with E-state index < -0.39 is 0 Å². The second-order valence-corrected chi connectivity index (χ2v) is 22.3. The van der Waals surface area contributed by atoms with Crippen molar-refractivity contribution in [3.05, 3.63) is 174 Å². The number of fused-ring (bicyclic) bond motifs is 6. The van der Waals surface area contributed by atoms with Crippen LogP contribution in [0.5, 0.6) is 0 Å². The van der Waals surface area contributed by atoms with Gasteiger partial charge in [0.25, 0.3) is 0 Å². The monoisotopic (exact) mass is 863 g/mol. The zero-order valence-electron chi connectivity index (χ0n) is 40.7. The first-order valence-electron chi connectivity index (χ1n) is 23.4. The minimum Gasteiger partial charge on any atom is -0.309 e. The SMILES string of the molecule is CC(C)(C)c1ccc2c(c1)c1cc(C(C)(C)C)ccc1n2-c1ccc(-n2c3ccc(C(C)(C)C)cc3c3cc(C(C)(C)C)ccc32)c(-c2nc(-c3ccccc3)nc(-c3ccccc3)n2)c1. The van der Waals surface area contributed by atoms with Crippen LogP contribution in [0, 0.1) is 0 Å². The molecular formula is C61H61N5. The highest BCUT2D eigenvalue weighted by Gasteiger charge is 2.26. The van der Waals surface area contributed by atoms with Crippen molar-refractivity contribution in [3.8, 4) is 45.5 Å². The quantitative estimate of drug-likeness (QED) is 0.173. The molecule has 0 saturated heterocycles. The maximum absolute atomic E-state index is 5.40. The Morgan fingerprint density at radius 2 is 0.652 bits per heavy atom. The molecule has 66 heavy (non-hydrogen) atoms. The number of rotatable bonds is 5. The second kappa shape index (κ2) is 15.4. The van der Waals surface area contributed by atoms with Gasteiger partial charge in [-0.25, -0.2) is 15.0 Å². The maximum atomic E-state index is 5.40. The van der Waals surface area contributed by atoms with Crippen LogP contribution in [0.1, 0.15) is 105 Å². The summed E-state index contributed by atoms with van der Waals surface area (Å²) in [6.45, 7) is 27.5. The molecule has 0 N–H and O–H groups in total. The lowest BCUT2D eigenvalue weighted by Gasteiger charge is -2.20. The van der Waals surface area contributed by atoms with Crippen LogP contribution in [0.25, 0.3) is 89.2 Å². The minimum atomic E-state index is -0.0206. The molecule has 10 rings (SSSR count). The first kappa shape index (κ1) is 43.1. The Bertz CT molecular complexity index is 3290. The predicted molar refractivity (Wildman–Crippen MR) is 280 cm³/mol. The Kier molecular flexibility index (Phi) is 10.0. The predicted octanol–water partition coefficient (Wildman–Crippen LogP) is 16.3. The fraction of sp³-hybridized carbons (Fsp3) is 0.262. The van der Waals surface area contributed by atoms with E-state index in [9.17, 15) is 0 Å². The average molecular weight is 864 g/mol. The summed E-state index contributed by atoms with van der Waals surface area (Å²) in [4.78, 5) is 15.9. The van der Waals surface area contributed by atoms with Gasteiger partial charge in [-0.05, 0) is 111 Å². The van der Waals surface area contributed by atoms with Gasteiger partial charge >= 0.3 is 0 Å². The number of aromatic nitrogens is 5. The van der Waals surface area contributed by atoms with Crippen molar-refractivity contribution in [2.45, 2.75) is 105 Å². The highest BCUT2D eigenvalue weighted by molar-refractivity contribution is 6.11. The van der Waals surface area contributed by atoms with Gasteiger partial charge in [0.15, 0.2) is 17.5 Å². The molecule has 7 aromatic carbocycles. The van der Waals surface area contributed by atoms with E-state index in [1.165, 1.54) is 43.8 Å². The van der Waals surface area contributed by atoms with E-state index in [-0.39, 0.29) is 21.7 Å². The van der Waals surface area contributed by atoms with Gasteiger partial charge in [0.2, 0.25) is 0 Å². The highest BCUT2D eigenvalue weighted by Crippen LogP contribution is 2.43. The van der Waals surface area contributed by atoms with Gasteiger partial charge in [-0.3, -0.25) is 0 Å². The van der Waals surface area contributed by atoms with E-state index in [1.54, 1.807) is 0 Å². The molecule has 0 radical (unpaired) electrons. The Morgan fingerprint density at radius 1 is 0.318 bits per heavy atom. The second-order valence-electron chi connectivity index (χ2n) is 22.3. The first-order chi connectivity index (χ1) is 31.2. The van der Waals surface area contributed by atoms with Crippen LogP contribution in [0.3, 0.4) is 0 Å². The Hall–Kier alpha value is -6.85. The van der Waals surface area contributed by atoms with Crippen molar-refractivity contribution in [3.63, 3.8) is 0 Å². The molecule has 0 bridgehead atoms. The summed E-state index contributed by atoms with van der Waals surface area (Å²) in [5, 5.41) is 4.96. The van der Waals surface area contributed by atoms with E-state index >= 15 is 0 Å². The van der Waals surface area contributed by atoms with Crippen molar-refractivity contribution in [2.24, 2.45) is 0 Å². The molecule has 0 fully saturated rings. The van der Waals surface area contributed by atoms with Crippen LogP contribution < -0.4 is 0 Å². The summed E-state index contributed by atoms with van der Waals surface area (Å²) in [7, 11) is 0. The van der Waals surface area contributed by atoms with Crippen molar-refractivity contribution < 1.29 is 0 Å². The Balaban J connectivity index is 1.33. The van der Waals surface area contributed by atoms with Crippen molar-refractivity contribution >= 4 is 43.6 Å². The van der Waals surface area contributed by atoms with Crippen LogP contribution in [-0.2, 0) is 21.7 Å². The van der Waals surface area contributed by atoms with E-state index in [1.807, 2.05) is 36.4 Å². The fourth-order valence-electron chi connectivity index (χ4n) is 9.42. The van der Waals surface area contributed by atoms with Crippen LogP contribution in [0.15, 0.2) is 152 Å². The molecule has 0 unspecified atom stereocenters. The van der Waals surface area contributed by atoms with E-state index in [2.05, 4.69) is 207 Å². The van der Waals surface area contributed by atoms with Gasteiger partial charge in [0, 0.05) is 43.9 Å². The molecule has 330 valence electrons. The lowest BCUT2D eigenvalue weighted by atomic mass is 9.85. The first-order valence-corrected chi connectivity index (χ1v) is 23.4. The summed E-state index contributed by atoms with van der Waals surface area (Å²) in [6.07, 6.45) is 0. The van der Waals surface area contributed by atoms with E-state index in [4.69, 9.17) is 15.0 Å². The zero-order valence-corrected chi connectivity index (χ0v) is 40.7. The summed E-state index contributed by atoms with van der Waals surface area (Å²) in [5.41, 5.74) is 14.6. The molecule has 3 aromatic heterocycles. The molecule has 0 atom stereocenters. The van der Waals surface area contributed by atoms with Crippen LogP contribution in [0.2, 0.25) is 0 Å². The topological polar surface area (TPSA) is 48.5 Å². The van der Waals surface area contributed by atoms with E-state index in [0.717, 1.165) is 50.1 Å². The van der Waals surface area contributed by atoms with Gasteiger partial charge in [-0.2, -0.15) is 0 Å². The number of benzene rings is 7. The Morgan fingerprint density at radius 3 is 1.00 bits per heavy atom. The highest BCUT2D eigenvalue weighted by atomic mass is 15.1. The lowest BCUT2D eigenvalue weighted by molar-refractivity contribution is 0.590. The van der Waals surface area contributed by atoms with Crippen LogP contribution in [0.4, 0.5) is 0 Å². The standard InChI is InChI=1S/C61H61N5/c1-58(2,3)40-23-28-50-45(33-40)46-34-41(59(4,5)6)24-29-51(46)65(50)44-27-32-54(49(37-44)57-63-55(38-19-15-13-16-20-38)62-56(64-57)39-21-17-14-18-22-39)66-52-30-25-42(60(7,8)9)35-47(52)48-36-43(61(10,11)12)26-31-53(48)66/h13-37H,1-12H3. The normalized spacial score (nSPS) is 12.8. The molecule has 10 aromatic rings. The van der Waals surface area contributed by atoms with Crippen molar-refractivity contribution in [1.82, 2.24) is 24.1 Å². The molecule has 5 nitrogen and oxygen atoms in total. The summed E-state index contributed by atoms with van der Waals surface area (Å²) in [6, 6.07) is 55.6. The smallest absolute Gasteiger partial charge is 0.166 e. The molecule has 0 aliphatic heterocycles. The van der Waals surface area contributed by atoms with Gasteiger partial charge in [0.1, 0.15) is 0 Å². The molecule has 0 spiro atoms. The molecule has 5 heteroatoms. The third-order valence-corrected chi connectivity index (χ3v) is 13.4. The molecule has 3 heterocycles. The number of hydrogen-bond donors (Lipinski definition) is 0. The van der Waals surface area contributed by atoms with Gasteiger partial charge < -0.3 is 9.13 Å². The number of hydrogen-bond acceptors (Lipinski definition) is 3. The molecule has 0 saturated carbocycles. The third kappa shape index (κ3) is 7.58. The lowest BCUT2D eigenvalue weighted by Crippen LogP contribution is -2.10. The average Bonchev–Trinajstić information content (AvgIpc) is 3.79. The van der Waals surface area contributed by atoms with Crippen molar-refractivity contribution in [2.75, 3.05) is 0 Å². The van der Waals surface area contributed by atoms with E-state index in [0.29, 0.717) is 17.5 Å². The molecule has 0 aliphatic carbocycles. The molecule has 0 amide bonds. The summed E-state index contributed by atoms with van der Waals surface area (Å²) >= 11 is 0. The van der Waals surface area contributed by atoms with Gasteiger partial charge in [0.05, 0.1) is 27.8 Å². The fourth-order valence-corrected chi connectivity index (χ4v) is 9.42. The van der Waals surface area contributed by atoms with Crippen LogP contribution in [-0.4, -0.2) is 24.1 Å². The van der Waals surface area contributed by atoms with Crippen LogP contribution >= 0.6 is 0 Å². The zero-order chi connectivity index (χ0) is 46.5. The van der Waals surface area contributed by atoms with Gasteiger partial charge in [-0.15, -0.1) is 0 Å². The molecule has 0 aliphatic rings. The summed E-state index contributed by atoms with van der Waals surface area (Å²) < 4.78 is 4.87.